The molecule has 7 heteroatoms. The first-order valence-electron chi connectivity index (χ1n) is 22.5. The summed E-state index contributed by atoms with van der Waals surface area (Å²) >= 11 is 0. The first-order chi connectivity index (χ1) is 30.4. The van der Waals surface area contributed by atoms with E-state index in [0.717, 1.165) is 67.1 Å². The van der Waals surface area contributed by atoms with E-state index in [2.05, 4.69) is 118 Å². The molecule has 0 aliphatic rings. The number of hydrogen-bond acceptors (Lipinski definition) is 6. The molecule has 0 saturated heterocycles. The molecule has 0 radical (unpaired) electrons. The molecule has 2 N–H and O–H groups in total. The maximum absolute atomic E-state index is 12.0. The van der Waals surface area contributed by atoms with E-state index >= 15 is 0 Å². The van der Waals surface area contributed by atoms with Crippen molar-refractivity contribution in [3.63, 3.8) is 0 Å². The van der Waals surface area contributed by atoms with E-state index in [4.69, 9.17) is 9.47 Å². The normalized spacial score (nSPS) is 11.1. The summed E-state index contributed by atoms with van der Waals surface area (Å²) in [5.41, 5.74) is 10.5. The second-order valence-corrected chi connectivity index (χ2v) is 18.6. The van der Waals surface area contributed by atoms with Gasteiger partial charge in [-0.1, -0.05) is 130 Å². The topological polar surface area (TPSA) is 93.1 Å². The average Bonchev–Trinajstić information content (AvgIpc) is 3.27. The van der Waals surface area contributed by atoms with Crippen LogP contribution in [-0.4, -0.2) is 36.0 Å². The minimum Gasteiger partial charge on any atom is -0.507 e. The molecule has 0 fully saturated rings. The summed E-state index contributed by atoms with van der Waals surface area (Å²) < 4.78 is 12.5. The minimum absolute atomic E-state index is 0. The van der Waals surface area contributed by atoms with Gasteiger partial charge >= 0.3 is 26.2 Å². The van der Waals surface area contributed by atoms with Gasteiger partial charge in [0.05, 0.1) is 25.8 Å². The van der Waals surface area contributed by atoms with Crippen LogP contribution in [0, 0.1) is 0 Å². The van der Waals surface area contributed by atoms with Crippen molar-refractivity contribution < 1.29 is 55.5 Å². The molecule has 6 aromatic carbocycles. The van der Waals surface area contributed by atoms with E-state index in [9.17, 15) is 19.8 Å². The Morgan fingerprint density at radius 3 is 1.09 bits per heavy atom. The Morgan fingerprint density at radius 2 is 0.831 bits per heavy atom. The van der Waals surface area contributed by atoms with E-state index in [1.54, 1.807) is 61.1 Å². The van der Waals surface area contributed by atoms with Crippen molar-refractivity contribution in [3.05, 3.63) is 166 Å². The summed E-state index contributed by atoms with van der Waals surface area (Å²) in [6, 6.07) is 38.7. The third-order valence-corrected chi connectivity index (χ3v) is 11.0. The Hall–Kier alpha value is -5.26. The molecule has 0 saturated carbocycles. The number of phenolic OH excluding ortho intramolecular Hbond substituents is 2. The Bertz CT molecular complexity index is 2270. The van der Waals surface area contributed by atoms with Gasteiger partial charge in [0.15, 0.2) is 0 Å². The van der Waals surface area contributed by atoms with Gasteiger partial charge in [0.25, 0.3) is 0 Å². The Labute approximate surface area is 408 Å². The predicted molar refractivity (Wildman–Crippen MR) is 265 cm³/mol. The Kier molecular flexibility index (Phi) is 20.7. The summed E-state index contributed by atoms with van der Waals surface area (Å²) in [6.45, 7) is 27.0. The molecule has 6 nitrogen and oxygen atoms in total. The molecule has 0 amide bonds. The number of aryl methyl sites for hydroxylation is 2. The molecule has 0 bridgehead atoms. The van der Waals surface area contributed by atoms with Crippen LogP contribution in [0.1, 0.15) is 139 Å². The zero-order valence-electron chi connectivity index (χ0n) is 40.6. The van der Waals surface area contributed by atoms with E-state index < -0.39 is 0 Å². The largest absolute Gasteiger partial charge is 2.00 e. The van der Waals surface area contributed by atoms with Crippen LogP contribution in [0.2, 0.25) is 0 Å². The fraction of sp³-hybridized carbons (Fsp3) is 0.345. The summed E-state index contributed by atoms with van der Waals surface area (Å²) in [4.78, 5) is 19.8. The van der Waals surface area contributed by atoms with Gasteiger partial charge in [0.1, 0.15) is 23.0 Å². The first-order valence-corrected chi connectivity index (χ1v) is 22.5. The van der Waals surface area contributed by atoms with E-state index in [0.29, 0.717) is 37.2 Å². The second-order valence-electron chi connectivity index (χ2n) is 18.6. The van der Waals surface area contributed by atoms with Crippen LogP contribution in [0.25, 0.3) is 22.3 Å². The zero-order valence-corrected chi connectivity index (χ0v) is 43.0. The number of carbonyl (C=O) groups excluding carboxylic acids is 2. The van der Waals surface area contributed by atoms with Gasteiger partial charge in [-0.15, -0.1) is 24.3 Å². The van der Waals surface area contributed by atoms with Crippen LogP contribution in [0.3, 0.4) is 0 Å². The molecule has 0 aromatic heterocycles. The first kappa shape index (κ1) is 54.1. The number of hydrogen-bond donors (Lipinski definition) is 2. The van der Waals surface area contributed by atoms with Crippen LogP contribution in [-0.2, 0) is 59.5 Å². The molecular weight excluding hydrogens is 884 g/mol. The van der Waals surface area contributed by atoms with E-state index in [1.807, 2.05) is 38.1 Å². The zero-order chi connectivity index (χ0) is 47.2. The molecule has 0 aliphatic heterocycles. The molecule has 0 aliphatic carbocycles. The van der Waals surface area contributed by atoms with Crippen LogP contribution >= 0.6 is 0 Å². The number of phenols is 2. The molecule has 0 unspecified atom stereocenters. The number of para-hydroxylation sites is 2. The summed E-state index contributed by atoms with van der Waals surface area (Å²) in [5.74, 6) is 2.73. The third kappa shape index (κ3) is 14.6. The van der Waals surface area contributed by atoms with Gasteiger partial charge in [0, 0.05) is 22.3 Å². The van der Waals surface area contributed by atoms with Crippen molar-refractivity contribution in [1.29, 1.82) is 0 Å². The van der Waals surface area contributed by atoms with Gasteiger partial charge < -0.3 is 29.3 Å². The summed E-state index contributed by atoms with van der Waals surface area (Å²) in [6.07, 6.45) is 4.67. The van der Waals surface area contributed by atoms with Crippen LogP contribution in [0.4, 0.5) is 0 Å². The Balaban J connectivity index is 0.000000550. The van der Waals surface area contributed by atoms with Crippen molar-refractivity contribution in [2.45, 2.75) is 119 Å². The fourth-order valence-corrected chi connectivity index (χ4v) is 7.38. The molecule has 0 heterocycles. The van der Waals surface area contributed by atoms with Crippen LogP contribution < -0.4 is 9.47 Å². The number of benzene rings is 6. The van der Waals surface area contributed by atoms with Gasteiger partial charge in [-0.3, -0.25) is 0 Å². The van der Waals surface area contributed by atoms with E-state index in [-0.39, 0.29) is 60.4 Å². The van der Waals surface area contributed by atoms with Gasteiger partial charge in [0.2, 0.25) is 0 Å². The molecule has 6 aromatic rings. The van der Waals surface area contributed by atoms with Crippen molar-refractivity contribution in [2.75, 3.05) is 13.2 Å². The maximum Gasteiger partial charge on any atom is 2.00 e. The third-order valence-electron chi connectivity index (χ3n) is 11.0. The fourth-order valence-electron chi connectivity index (χ4n) is 7.38. The van der Waals surface area contributed by atoms with Crippen molar-refractivity contribution in [2.24, 2.45) is 0 Å². The molecule has 340 valence electrons. The maximum atomic E-state index is 12.0. The summed E-state index contributed by atoms with van der Waals surface area (Å²) in [7, 11) is 0. The summed E-state index contributed by atoms with van der Waals surface area (Å²) in [5, 5.41) is 23.9. The molecule has 0 atom stereocenters. The molecule has 65 heavy (non-hydrogen) atoms. The average molecular weight is 952 g/mol. The number of ether oxygens (including phenoxy) is 2. The molecular formula is C58H68O6Zr. The smallest absolute Gasteiger partial charge is 0.507 e. The van der Waals surface area contributed by atoms with Crippen LogP contribution in [0.5, 0.6) is 23.0 Å². The molecule has 0 spiro atoms. The quantitative estimate of drug-likeness (QED) is 0.112. The van der Waals surface area contributed by atoms with E-state index in [1.165, 1.54) is 0 Å². The van der Waals surface area contributed by atoms with Crippen molar-refractivity contribution >= 4 is 12.6 Å². The second kappa shape index (κ2) is 24.9. The minimum atomic E-state index is -0.142. The van der Waals surface area contributed by atoms with Crippen molar-refractivity contribution in [3.8, 4) is 45.3 Å². The van der Waals surface area contributed by atoms with Gasteiger partial charge in [-0.2, -0.15) is 35.4 Å². The SMILES string of the molecule is CCOc1c(-c2cc(C(C)(C)C)cc(CCc3cc(C(C)(C)C)cc(-c4cccc(C(C)C)c4OCC)c3O)c2O)cccc1C(C)C.O=[C-]c1ccccc1.O=[C-]c1ccccc1.[Zr+2]. The van der Waals surface area contributed by atoms with Crippen LogP contribution in [0.15, 0.2) is 121 Å². The Morgan fingerprint density at radius 1 is 0.492 bits per heavy atom. The van der Waals surface area contributed by atoms with Gasteiger partial charge in [-0.05, 0) is 94.9 Å². The standard InChI is InChI=1S/C44H58O4.2C7H5O.Zr/c1-13-47-41-33(27(3)4)17-15-19-35(41)37-25-31(43(7,8)9)23-29(39(37)45)21-22-30-24-32(44(10,11)12)26-38(40(30)46)36-20-16-18-34(28(5)6)42(36)48-14-2;2*8-6-7-4-2-1-3-5-7;/h15-20,23-28,45-46H,13-14,21-22H2,1-12H3;2*1-5H;/q;2*-1;+2. The number of aromatic hydroxyl groups is 2. The predicted octanol–water partition coefficient (Wildman–Crippen LogP) is 14.1. The monoisotopic (exact) mass is 950 g/mol. The molecule has 6 rings (SSSR count). The number of rotatable bonds is 13. The van der Waals surface area contributed by atoms with Crippen molar-refractivity contribution in [1.82, 2.24) is 0 Å². The van der Waals surface area contributed by atoms with Gasteiger partial charge in [-0.25, -0.2) is 0 Å².